The van der Waals surface area contributed by atoms with Crippen LogP contribution >= 0.6 is 24.0 Å². The summed E-state index contributed by atoms with van der Waals surface area (Å²) in [5, 5.41) is 0. The lowest BCUT2D eigenvalue weighted by atomic mass is 10.0. The molecule has 1 aliphatic heterocycles. The van der Waals surface area contributed by atoms with Gasteiger partial charge in [0.1, 0.15) is 0 Å². The molecule has 0 amide bonds. The number of likely N-dealkylation sites (tertiary alicyclic amines) is 1. The zero-order chi connectivity index (χ0) is 13.0. The van der Waals surface area contributed by atoms with E-state index < -0.39 is 0 Å². The third kappa shape index (κ3) is 5.01. The maximum absolute atomic E-state index is 6.06. The Bertz CT molecular complexity index is 414. The Hall–Kier alpha value is -0.780. The number of nitrogens with zero attached hydrogens (tertiary/aromatic N) is 2. The number of guanidine groups is 1. The molecule has 106 valence electrons. The number of hydrogen-bond donors (Lipinski definition) is 1. The Labute approximate surface area is 133 Å². The fourth-order valence-corrected chi connectivity index (χ4v) is 2.36. The van der Waals surface area contributed by atoms with Crippen LogP contribution in [0.4, 0.5) is 0 Å². The molecule has 1 atom stereocenters. The molecule has 1 heterocycles. The van der Waals surface area contributed by atoms with Crippen molar-refractivity contribution in [3.63, 3.8) is 0 Å². The molecular weight excluding hydrogens is 349 g/mol. The minimum absolute atomic E-state index is 0. The molecule has 1 aliphatic rings. The normalized spacial score (nSPS) is 20.0. The molecule has 0 aromatic heterocycles. The fourth-order valence-electron chi connectivity index (χ4n) is 2.36. The first-order valence-corrected chi connectivity index (χ1v) is 6.75. The summed E-state index contributed by atoms with van der Waals surface area (Å²) in [5.41, 5.74) is 8.56. The summed E-state index contributed by atoms with van der Waals surface area (Å²) in [7, 11) is 0. The van der Waals surface area contributed by atoms with Gasteiger partial charge in [0.25, 0.3) is 0 Å². The number of rotatable bonds is 2. The van der Waals surface area contributed by atoms with Gasteiger partial charge in [-0.05, 0) is 31.2 Å². The van der Waals surface area contributed by atoms with Gasteiger partial charge in [0.2, 0.25) is 0 Å². The molecule has 1 aromatic rings. The van der Waals surface area contributed by atoms with Crippen LogP contribution in [-0.2, 0) is 6.54 Å². The van der Waals surface area contributed by atoms with E-state index in [1.54, 1.807) is 0 Å². The summed E-state index contributed by atoms with van der Waals surface area (Å²) < 4.78 is 0. The lowest BCUT2D eigenvalue weighted by Crippen LogP contribution is -2.43. The van der Waals surface area contributed by atoms with Crippen molar-refractivity contribution in [1.29, 1.82) is 0 Å². The third-order valence-corrected chi connectivity index (χ3v) is 3.53. The second-order valence-electron chi connectivity index (χ2n) is 5.35. The number of piperidine rings is 1. The molecule has 1 unspecified atom stereocenters. The molecule has 1 aromatic carbocycles. The van der Waals surface area contributed by atoms with E-state index in [9.17, 15) is 0 Å². The molecule has 0 saturated carbocycles. The molecular formula is C15H24IN3. The van der Waals surface area contributed by atoms with Crippen LogP contribution in [0.25, 0.3) is 0 Å². The van der Waals surface area contributed by atoms with Gasteiger partial charge in [-0.2, -0.15) is 0 Å². The number of hydrogen-bond acceptors (Lipinski definition) is 1. The maximum Gasteiger partial charge on any atom is 0.191 e. The largest absolute Gasteiger partial charge is 0.370 e. The van der Waals surface area contributed by atoms with Crippen molar-refractivity contribution < 1.29 is 0 Å². The second-order valence-corrected chi connectivity index (χ2v) is 5.35. The molecule has 19 heavy (non-hydrogen) atoms. The molecule has 1 saturated heterocycles. The molecule has 0 bridgehead atoms. The average molecular weight is 373 g/mol. The first-order chi connectivity index (χ1) is 8.65. The maximum atomic E-state index is 6.06. The van der Waals surface area contributed by atoms with Crippen molar-refractivity contribution in [3.05, 3.63) is 35.4 Å². The van der Waals surface area contributed by atoms with E-state index in [1.807, 2.05) is 0 Å². The highest BCUT2D eigenvalue weighted by molar-refractivity contribution is 14.0. The van der Waals surface area contributed by atoms with Crippen LogP contribution in [0.2, 0.25) is 0 Å². The highest BCUT2D eigenvalue weighted by Crippen LogP contribution is 2.15. The van der Waals surface area contributed by atoms with Crippen LogP contribution in [0.15, 0.2) is 29.3 Å². The molecule has 0 radical (unpaired) electrons. The summed E-state index contributed by atoms with van der Waals surface area (Å²) in [6.45, 7) is 7.14. The standard InChI is InChI=1S/C15H23N3.HI/c1-12-5-7-14(8-6-12)10-17-15(16)18-9-3-4-13(2)11-18;/h5-8,13H,3-4,9-11H2,1-2H3,(H2,16,17);1H. The minimum Gasteiger partial charge on any atom is -0.370 e. The topological polar surface area (TPSA) is 41.6 Å². The predicted octanol–water partition coefficient (Wildman–Crippen LogP) is 3.16. The first-order valence-electron chi connectivity index (χ1n) is 6.75. The van der Waals surface area contributed by atoms with Gasteiger partial charge in [0, 0.05) is 13.1 Å². The molecule has 0 aliphatic carbocycles. The van der Waals surface area contributed by atoms with E-state index in [-0.39, 0.29) is 24.0 Å². The summed E-state index contributed by atoms with van der Waals surface area (Å²) in [6.07, 6.45) is 2.53. The lowest BCUT2D eigenvalue weighted by molar-refractivity contribution is 0.270. The number of halogens is 1. The Morgan fingerprint density at radius 2 is 2.05 bits per heavy atom. The van der Waals surface area contributed by atoms with E-state index in [4.69, 9.17) is 5.73 Å². The van der Waals surface area contributed by atoms with Gasteiger partial charge in [-0.15, -0.1) is 24.0 Å². The van der Waals surface area contributed by atoms with Gasteiger partial charge in [0.15, 0.2) is 5.96 Å². The van der Waals surface area contributed by atoms with Gasteiger partial charge in [0.05, 0.1) is 6.54 Å². The Balaban J connectivity index is 0.00000180. The van der Waals surface area contributed by atoms with Crippen molar-refractivity contribution in [2.45, 2.75) is 33.2 Å². The van der Waals surface area contributed by atoms with Crippen LogP contribution < -0.4 is 5.73 Å². The summed E-state index contributed by atoms with van der Waals surface area (Å²) in [6, 6.07) is 8.46. The highest BCUT2D eigenvalue weighted by atomic mass is 127. The molecule has 4 heteroatoms. The van der Waals surface area contributed by atoms with Gasteiger partial charge < -0.3 is 10.6 Å². The van der Waals surface area contributed by atoms with Crippen molar-refractivity contribution in [2.24, 2.45) is 16.6 Å². The SMILES string of the molecule is Cc1ccc(CN=C(N)N2CCCC(C)C2)cc1.I. The van der Waals surface area contributed by atoms with Crippen molar-refractivity contribution in [1.82, 2.24) is 4.90 Å². The zero-order valence-electron chi connectivity index (χ0n) is 11.8. The van der Waals surface area contributed by atoms with Crippen molar-refractivity contribution in [3.8, 4) is 0 Å². The average Bonchev–Trinajstić information content (AvgIpc) is 2.38. The van der Waals surface area contributed by atoms with Crippen LogP contribution in [0.3, 0.4) is 0 Å². The number of nitrogens with two attached hydrogens (primary N) is 1. The van der Waals surface area contributed by atoms with Crippen LogP contribution in [0.5, 0.6) is 0 Å². The summed E-state index contributed by atoms with van der Waals surface area (Å²) in [5.74, 6) is 1.42. The van der Waals surface area contributed by atoms with E-state index in [1.165, 1.54) is 24.0 Å². The monoisotopic (exact) mass is 373 g/mol. The highest BCUT2D eigenvalue weighted by Gasteiger charge is 2.17. The summed E-state index contributed by atoms with van der Waals surface area (Å²) in [4.78, 5) is 6.71. The smallest absolute Gasteiger partial charge is 0.191 e. The molecule has 2 rings (SSSR count). The van der Waals surface area contributed by atoms with Crippen molar-refractivity contribution >= 4 is 29.9 Å². The zero-order valence-corrected chi connectivity index (χ0v) is 14.1. The Morgan fingerprint density at radius 1 is 1.37 bits per heavy atom. The van der Waals surface area contributed by atoms with E-state index in [0.717, 1.165) is 19.0 Å². The van der Waals surface area contributed by atoms with Crippen LogP contribution in [-0.4, -0.2) is 23.9 Å². The van der Waals surface area contributed by atoms with E-state index >= 15 is 0 Å². The number of aryl methyl sites for hydroxylation is 1. The second kappa shape index (κ2) is 7.72. The predicted molar refractivity (Wildman–Crippen MR) is 91.9 cm³/mol. The number of benzene rings is 1. The van der Waals surface area contributed by atoms with E-state index in [2.05, 4.69) is 48.0 Å². The van der Waals surface area contributed by atoms with Gasteiger partial charge in [-0.3, -0.25) is 0 Å². The van der Waals surface area contributed by atoms with Crippen LogP contribution in [0.1, 0.15) is 30.9 Å². The van der Waals surface area contributed by atoms with E-state index in [0.29, 0.717) is 12.5 Å². The molecule has 2 N–H and O–H groups in total. The third-order valence-electron chi connectivity index (χ3n) is 3.53. The Kier molecular flexibility index (Phi) is 6.62. The van der Waals surface area contributed by atoms with Gasteiger partial charge in [-0.25, -0.2) is 4.99 Å². The van der Waals surface area contributed by atoms with Crippen LogP contribution in [0, 0.1) is 12.8 Å². The van der Waals surface area contributed by atoms with Gasteiger partial charge in [-0.1, -0.05) is 36.8 Å². The Morgan fingerprint density at radius 3 is 2.68 bits per heavy atom. The quantitative estimate of drug-likeness (QED) is 0.492. The summed E-state index contributed by atoms with van der Waals surface area (Å²) >= 11 is 0. The molecule has 3 nitrogen and oxygen atoms in total. The van der Waals surface area contributed by atoms with Gasteiger partial charge >= 0.3 is 0 Å². The first kappa shape index (κ1) is 16.3. The molecule has 1 fully saturated rings. The minimum atomic E-state index is 0. The fraction of sp³-hybridized carbons (Fsp3) is 0.533. The molecule has 0 spiro atoms. The number of aliphatic imine (C=N–C) groups is 1. The van der Waals surface area contributed by atoms with Crippen molar-refractivity contribution in [2.75, 3.05) is 13.1 Å². The lowest BCUT2D eigenvalue weighted by Gasteiger charge is -2.31.